The molecule has 0 N–H and O–H groups in total. The van der Waals surface area contributed by atoms with Crippen molar-refractivity contribution in [2.45, 2.75) is 19.8 Å². The van der Waals surface area contributed by atoms with Crippen LogP contribution in [0.2, 0.25) is 0 Å². The Morgan fingerprint density at radius 3 is 2.35 bits per heavy atom. The highest BCUT2D eigenvalue weighted by atomic mass is 16.5. The molecule has 1 fully saturated rings. The van der Waals surface area contributed by atoms with Crippen molar-refractivity contribution in [1.29, 1.82) is 0 Å². The van der Waals surface area contributed by atoms with Crippen LogP contribution >= 0.6 is 0 Å². The second-order valence-corrected chi connectivity index (χ2v) is 8.92. The average Bonchev–Trinajstić information content (AvgIpc) is 3.73. The van der Waals surface area contributed by atoms with E-state index in [9.17, 15) is 14.4 Å². The van der Waals surface area contributed by atoms with Crippen molar-refractivity contribution in [3.63, 3.8) is 0 Å². The maximum absolute atomic E-state index is 12.8. The lowest BCUT2D eigenvalue weighted by atomic mass is 9.95. The summed E-state index contributed by atoms with van der Waals surface area (Å²) < 4.78 is 16.6. The van der Waals surface area contributed by atoms with Gasteiger partial charge in [0.25, 0.3) is 0 Å². The van der Waals surface area contributed by atoms with E-state index in [2.05, 4.69) is 6.58 Å². The molecule has 0 amide bonds. The molecule has 0 bridgehead atoms. The number of Topliss-reactive ketones (excluding diaryl/α,β-unsaturated/α-hetero) is 1. The largest absolute Gasteiger partial charge is 0.504 e. The number of carbonyl (C=O) groups is 3. The summed E-state index contributed by atoms with van der Waals surface area (Å²) in [5.41, 5.74) is 2.59. The summed E-state index contributed by atoms with van der Waals surface area (Å²) in [6.45, 7) is 5.60. The maximum atomic E-state index is 12.8. The van der Waals surface area contributed by atoms with Crippen molar-refractivity contribution in [3.8, 4) is 11.5 Å². The molecule has 1 saturated carbocycles. The van der Waals surface area contributed by atoms with Crippen LogP contribution in [0.4, 0.5) is 0 Å². The Bertz CT molecular complexity index is 1380. The van der Waals surface area contributed by atoms with Gasteiger partial charge in [0.05, 0.1) is 31.5 Å². The number of ether oxygens (including phenoxy) is 3. The highest BCUT2D eigenvalue weighted by molar-refractivity contribution is 6.14. The molecule has 188 valence electrons. The molecule has 37 heavy (non-hydrogen) atoms. The smallest absolute Gasteiger partial charge is 0.192 e. The number of methoxy groups -OCH3 is 2. The minimum absolute atomic E-state index is 0.0724. The molecule has 0 aliphatic heterocycles. The molecule has 2 aliphatic rings. The van der Waals surface area contributed by atoms with E-state index in [1.165, 1.54) is 39.6 Å². The first-order valence-corrected chi connectivity index (χ1v) is 11.8. The molecule has 0 saturated heterocycles. The van der Waals surface area contributed by atoms with E-state index in [0.29, 0.717) is 41.2 Å². The molecule has 0 aromatic heterocycles. The van der Waals surface area contributed by atoms with Gasteiger partial charge in [0.2, 0.25) is 0 Å². The second kappa shape index (κ2) is 10.7. The van der Waals surface area contributed by atoms with Gasteiger partial charge in [0.1, 0.15) is 23.0 Å². The van der Waals surface area contributed by atoms with Crippen LogP contribution in [0.3, 0.4) is 0 Å². The molecule has 6 heteroatoms. The number of hydrogen-bond donors (Lipinski definition) is 0. The third kappa shape index (κ3) is 5.38. The second-order valence-electron chi connectivity index (χ2n) is 8.92. The Balaban J connectivity index is 1.59. The van der Waals surface area contributed by atoms with E-state index in [1.807, 2.05) is 30.4 Å². The van der Waals surface area contributed by atoms with Gasteiger partial charge in [0, 0.05) is 11.6 Å². The number of fused-ring (bicyclic) bond motifs is 1. The summed E-state index contributed by atoms with van der Waals surface area (Å²) in [4.78, 5) is 37.0. The monoisotopic (exact) mass is 496 g/mol. The van der Waals surface area contributed by atoms with Gasteiger partial charge in [-0.1, -0.05) is 36.9 Å². The highest BCUT2D eigenvalue weighted by Gasteiger charge is 2.52. The van der Waals surface area contributed by atoms with Crippen LogP contribution in [0.15, 0.2) is 79.6 Å². The number of rotatable bonds is 10. The van der Waals surface area contributed by atoms with Crippen molar-refractivity contribution in [1.82, 2.24) is 0 Å². The maximum Gasteiger partial charge on any atom is 0.192 e. The first kappa shape index (κ1) is 25.6. The summed E-state index contributed by atoms with van der Waals surface area (Å²) in [6.07, 6.45) is 12.6. The minimum Gasteiger partial charge on any atom is -0.504 e. The molecule has 0 spiro atoms. The van der Waals surface area contributed by atoms with Gasteiger partial charge >= 0.3 is 0 Å². The van der Waals surface area contributed by atoms with Crippen molar-refractivity contribution in [2.24, 2.45) is 5.41 Å². The van der Waals surface area contributed by atoms with Crippen LogP contribution in [0.1, 0.15) is 46.8 Å². The van der Waals surface area contributed by atoms with Crippen LogP contribution in [-0.4, -0.2) is 31.6 Å². The number of carbonyl (C=O) groups excluding carboxylic acids is 3. The third-order valence-corrected chi connectivity index (χ3v) is 6.55. The topological polar surface area (TPSA) is 78.9 Å². The van der Waals surface area contributed by atoms with Gasteiger partial charge in [-0.2, -0.15) is 0 Å². The fraction of sp³-hybridized carbons (Fsp3) is 0.194. The zero-order valence-corrected chi connectivity index (χ0v) is 21.1. The summed E-state index contributed by atoms with van der Waals surface area (Å²) in [7, 11) is 2.98. The number of hydrogen-bond acceptors (Lipinski definition) is 6. The van der Waals surface area contributed by atoms with Crippen molar-refractivity contribution in [2.75, 3.05) is 14.2 Å². The van der Waals surface area contributed by atoms with Gasteiger partial charge < -0.3 is 14.2 Å². The molecule has 0 radical (unpaired) electrons. The molecule has 0 heterocycles. The van der Waals surface area contributed by atoms with Gasteiger partial charge in [-0.15, -0.1) is 0 Å². The van der Waals surface area contributed by atoms with E-state index in [0.717, 1.165) is 16.7 Å². The van der Waals surface area contributed by atoms with Crippen molar-refractivity contribution < 1.29 is 28.6 Å². The Labute approximate surface area is 216 Å². The van der Waals surface area contributed by atoms with Crippen LogP contribution in [0.5, 0.6) is 11.5 Å². The van der Waals surface area contributed by atoms with Crippen LogP contribution in [0.25, 0.3) is 17.4 Å². The Hall–Kier alpha value is -4.45. The Kier molecular flexibility index (Phi) is 7.39. The quantitative estimate of drug-likeness (QED) is 0.174. The molecule has 2 aromatic carbocycles. The first-order chi connectivity index (χ1) is 17.8. The molecule has 0 atom stereocenters. The Morgan fingerprint density at radius 2 is 1.73 bits per heavy atom. The van der Waals surface area contributed by atoms with Crippen LogP contribution in [0, 0.1) is 5.41 Å². The molecule has 4 rings (SSSR count). The molecule has 6 nitrogen and oxygen atoms in total. The number of benzene rings is 2. The van der Waals surface area contributed by atoms with Crippen molar-refractivity contribution in [3.05, 3.63) is 102 Å². The zero-order chi connectivity index (χ0) is 26.6. The summed E-state index contributed by atoms with van der Waals surface area (Å²) >= 11 is 0. The lowest BCUT2D eigenvalue weighted by molar-refractivity contribution is -0.130. The van der Waals surface area contributed by atoms with Crippen LogP contribution in [-0.2, 0) is 14.3 Å². The predicted octanol–water partition coefficient (Wildman–Crippen LogP) is 5.99. The van der Waals surface area contributed by atoms with E-state index in [-0.39, 0.29) is 17.3 Å². The molecular weight excluding hydrogens is 468 g/mol. The van der Waals surface area contributed by atoms with Gasteiger partial charge in [0.15, 0.2) is 11.6 Å². The summed E-state index contributed by atoms with van der Waals surface area (Å²) in [5.74, 6) is 1.04. The SMILES string of the molecule is C=C1C=CC=C(Oc2ccc(/C=C/C(=O)C3(C(C)=O)CC3)cc2)c2cc(C(=O)/C=C/OC)c(OC)cc21. The van der Waals surface area contributed by atoms with E-state index in [1.54, 1.807) is 30.3 Å². The third-order valence-electron chi connectivity index (χ3n) is 6.55. The van der Waals surface area contributed by atoms with E-state index < -0.39 is 5.41 Å². The van der Waals surface area contributed by atoms with E-state index >= 15 is 0 Å². The summed E-state index contributed by atoms with van der Waals surface area (Å²) in [6, 6.07) is 10.8. The number of allylic oxidation sites excluding steroid dienone is 6. The van der Waals surface area contributed by atoms with Gasteiger partial charge in [-0.05, 0) is 72.9 Å². The lowest BCUT2D eigenvalue weighted by Gasteiger charge is -2.17. The highest BCUT2D eigenvalue weighted by Crippen LogP contribution is 2.47. The fourth-order valence-corrected chi connectivity index (χ4v) is 4.15. The fourth-order valence-electron chi connectivity index (χ4n) is 4.15. The first-order valence-electron chi connectivity index (χ1n) is 11.8. The molecule has 2 aromatic rings. The number of ketones is 3. The molecule has 2 aliphatic carbocycles. The van der Waals surface area contributed by atoms with E-state index in [4.69, 9.17) is 14.2 Å². The zero-order valence-electron chi connectivity index (χ0n) is 21.1. The molecular formula is C31H28O6. The normalized spacial score (nSPS) is 15.6. The lowest BCUT2D eigenvalue weighted by Crippen LogP contribution is -2.21. The van der Waals surface area contributed by atoms with Gasteiger partial charge in [-0.25, -0.2) is 0 Å². The van der Waals surface area contributed by atoms with Gasteiger partial charge in [-0.3, -0.25) is 14.4 Å². The van der Waals surface area contributed by atoms with Crippen LogP contribution < -0.4 is 9.47 Å². The average molecular weight is 497 g/mol. The Morgan fingerprint density at radius 1 is 1.00 bits per heavy atom. The van der Waals surface area contributed by atoms with Crippen molar-refractivity contribution >= 4 is 34.8 Å². The minimum atomic E-state index is -0.807. The summed E-state index contributed by atoms with van der Waals surface area (Å²) in [5, 5.41) is 0. The molecule has 0 unspecified atom stereocenters. The predicted molar refractivity (Wildman–Crippen MR) is 143 cm³/mol. The standard InChI is InChI=1S/C31H28O6/c1-20-6-5-7-28(25-18-26(27(33)14-17-35-3)29(36-4)19-24(20)25)37-23-11-8-22(9-12-23)10-13-30(34)31(15-16-31)21(2)32/h5-14,17-19H,1,15-16H2,2-4H3/b13-10+,17-14+.